The van der Waals surface area contributed by atoms with Gasteiger partial charge in [-0.25, -0.2) is 9.48 Å². The Morgan fingerprint density at radius 3 is 2.63 bits per heavy atom. The van der Waals surface area contributed by atoms with Crippen LogP contribution in [0.25, 0.3) is 0 Å². The minimum Gasteiger partial charge on any atom is -0.322 e. The van der Waals surface area contributed by atoms with E-state index in [1.165, 1.54) is 0 Å². The maximum atomic E-state index is 12.3. The first-order valence-corrected chi connectivity index (χ1v) is 6.97. The van der Waals surface area contributed by atoms with Crippen molar-refractivity contribution in [3.05, 3.63) is 11.8 Å². The highest BCUT2D eigenvalue weighted by Crippen LogP contribution is 2.28. The Morgan fingerprint density at radius 2 is 2.16 bits per heavy atom. The van der Waals surface area contributed by atoms with Gasteiger partial charge in [-0.1, -0.05) is 0 Å². The molecule has 0 bridgehead atoms. The predicted molar refractivity (Wildman–Crippen MR) is 76.4 cm³/mol. The summed E-state index contributed by atoms with van der Waals surface area (Å²) in [6.45, 7) is 10.9. The Labute approximate surface area is 115 Å². The normalized spacial score (nSPS) is 15.4. The van der Waals surface area contributed by atoms with Gasteiger partial charge in [0.05, 0.1) is 11.2 Å². The van der Waals surface area contributed by atoms with Gasteiger partial charge in [0, 0.05) is 18.7 Å². The van der Waals surface area contributed by atoms with Crippen LogP contribution in [0.3, 0.4) is 0 Å². The van der Waals surface area contributed by atoms with Crippen LogP contribution >= 0.6 is 0 Å². The lowest BCUT2D eigenvalue weighted by molar-refractivity contribution is 0.211. The monoisotopic (exact) mass is 264 g/mol. The van der Waals surface area contributed by atoms with E-state index in [0.29, 0.717) is 6.04 Å². The van der Waals surface area contributed by atoms with Gasteiger partial charge in [-0.15, -0.1) is 0 Å². The summed E-state index contributed by atoms with van der Waals surface area (Å²) >= 11 is 0. The van der Waals surface area contributed by atoms with Crippen molar-refractivity contribution >= 4 is 11.8 Å². The van der Waals surface area contributed by atoms with Crippen molar-refractivity contribution in [3.8, 4) is 0 Å². The lowest BCUT2D eigenvalue weighted by Crippen LogP contribution is -2.38. The molecule has 2 rings (SSSR count). The van der Waals surface area contributed by atoms with Gasteiger partial charge in [0.15, 0.2) is 0 Å². The van der Waals surface area contributed by atoms with E-state index in [1.807, 2.05) is 29.5 Å². The molecule has 0 aromatic carbocycles. The molecule has 1 N–H and O–H groups in total. The zero-order chi connectivity index (χ0) is 14.2. The molecule has 1 heterocycles. The molecular formula is C14H24N4O. The number of aromatic nitrogens is 2. The molecule has 1 aromatic heterocycles. The van der Waals surface area contributed by atoms with E-state index >= 15 is 0 Å². The summed E-state index contributed by atoms with van der Waals surface area (Å²) in [5.41, 5.74) is 0.771. The minimum absolute atomic E-state index is 0.0181. The highest BCUT2D eigenvalue weighted by molar-refractivity contribution is 5.89. The van der Waals surface area contributed by atoms with Crippen LogP contribution in [0.1, 0.15) is 46.2 Å². The van der Waals surface area contributed by atoms with Crippen LogP contribution in [-0.2, 0) is 5.54 Å². The summed E-state index contributed by atoms with van der Waals surface area (Å²) in [5, 5.41) is 7.46. The van der Waals surface area contributed by atoms with Gasteiger partial charge in [0.2, 0.25) is 0 Å². The van der Waals surface area contributed by atoms with Gasteiger partial charge in [-0.05, 0) is 47.5 Å². The number of carbonyl (C=O) groups is 1. The minimum atomic E-state index is -0.145. The van der Waals surface area contributed by atoms with Crippen LogP contribution < -0.4 is 5.32 Å². The molecule has 106 valence electrons. The third-order valence-corrected chi connectivity index (χ3v) is 3.29. The average molecular weight is 264 g/mol. The fourth-order valence-electron chi connectivity index (χ4n) is 2.24. The van der Waals surface area contributed by atoms with Gasteiger partial charge < -0.3 is 4.90 Å². The van der Waals surface area contributed by atoms with Crippen LogP contribution in [0.5, 0.6) is 0 Å². The summed E-state index contributed by atoms with van der Waals surface area (Å²) in [7, 11) is 0. The number of amides is 2. The van der Waals surface area contributed by atoms with E-state index in [4.69, 9.17) is 0 Å². The van der Waals surface area contributed by atoms with E-state index in [2.05, 4.69) is 31.2 Å². The number of hydrogen-bond acceptors (Lipinski definition) is 2. The van der Waals surface area contributed by atoms with Crippen molar-refractivity contribution in [3.63, 3.8) is 0 Å². The topological polar surface area (TPSA) is 50.2 Å². The number of urea groups is 1. The number of hydrogen-bond donors (Lipinski definition) is 1. The summed E-state index contributed by atoms with van der Waals surface area (Å²) in [4.78, 5) is 14.2. The molecule has 1 aliphatic rings. The molecule has 0 aliphatic heterocycles. The number of carbonyl (C=O) groups excluding carboxylic acids is 1. The van der Waals surface area contributed by atoms with Crippen LogP contribution in [-0.4, -0.2) is 33.3 Å². The van der Waals surface area contributed by atoms with Crippen LogP contribution in [0, 0.1) is 6.92 Å². The zero-order valence-electron chi connectivity index (χ0n) is 12.5. The smallest absolute Gasteiger partial charge is 0.322 e. The molecule has 1 saturated carbocycles. The van der Waals surface area contributed by atoms with Gasteiger partial charge in [-0.2, -0.15) is 5.10 Å². The molecule has 19 heavy (non-hydrogen) atoms. The first-order chi connectivity index (χ1) is 8.82. The Kier molecular flexibility index (Phi) is 3.56. The summed E-state index contributed by atoms with van der Waals surface area (Å²) in [5.74, 6) is 0.772. The number of rotatable bonds is 3. The lowest BCUT2D eigenvalue weighted by atomic mass is 10.1. The van der Waals surface area contributed by atoms with E-state index in [-0.39, 0.29) is 11.6 Å². The summed E-state index contributed by atoms with van der Waals surface area (Å²) in [6.07, 6.45) is 2.25. The molecule has 5 heteroatoms. The maximum absolute atomic E-state index is 12.3. The van der Waals surface area contributed by atoms with Gasteiger partial charge in [0.1, 0.15) is 5.82 Å². The van der Waals surface area contributed by atoms with E-state index in [0.717, 1.165) is 30.9 Å². The first-order valence-electron chi connectivity index (χ1n) is 6.97. The van der Waals surface area contributed by atoms with E-state index in [9.17, 15) is 4.79 Å². The Balaban J connectivity index is 2.16. The zero-order valence-corrected chi connectivity index (χ0v) is 12.5. The van der Waals surface area contributed by atoms with Crippen LogP contribution in [0.2, 0.25) is 0 Å². The highest BCUT2D eigenvalue weighted by Gasteiger charge is 2.32. The Bertz CT molecular complexity index is 468. The molecule has 1 aromatic rings. The van der Waals surface area contributed by atoms with Gasteiger partial charge in [-0.3, -0.25) is 5.32 Å². The third kappa shape index (κ3) is 3.08. The highest BCUT2D eigenvalue weighted by atomic mass is 16.2. The molecule has 1 fully saturated rings. The molecule has 1 aliphatic carbocycles. The molecule has 0 atom stereocenters. The van der Waals surface area contributed by atoms with Crippen molar-refractivity contribution in [2.45, 2.75) is 59.0 Å². The molecule has 0 saturated heterocycles. The van der Waals surface area contributed by atoms with Crippen molar-refractivity contribution in [1.29, 1.82) is 0 Å². The van der Waals surface area contributed by atoms with E-state index < -0.39 is 0 Å². The van der Waals surface area contributed by atoms with Gasteiger partial charge in [0.25, 0.3) is 0 Å². The average Bonchev–Trinajstić information content (AvgIpc) is 3.03. The molecule has 5 nitrogen and oxygen atoms in total. The molecule has 0 radical (unpaired) electrons. The summed E-state index contributed by atoms with van der Waals surface area (Å²) < 4.78 is 1.88. The summed E-state index contributed by atoms with van der Waals surface area (Å²) in [6, 6.07) is 2.33. The van der Waals surface area contributed by atoms with E-state index in [1.54, 1.807) is 0 Å². The second-order valence-corrected chi connectivity index (χ2v) is 6.20. The second-order valence-electron chi connectivity index (χ2n) is 6.20. The Morgan fingerprint density at radius 1 is 1.53 bits per heavy atom. The Hall–Kier alpha value is -1.52. The van der Waals surface area contributed by atoms with Crippen molar-refractivity contribution in [2.75, 3.05) is 11.9 Å². The largest absolute Gasteiger partial charge is 0.323 e. The lowest BCUT2D eigenvalue weighted by Gasteiger charge is -2.25. The van der Waals surface area contributed by atoms with Crippen molar-refractivity contribution < 1.29 is 4.79 Å². The number of nitrogens with zero attached hydrogens (tertiary/aromatic N) is 3. The maximum Gasteiger partial charge on any atom is 0.323 e. The number of nitrogens with one attached hydrogen (secondary N) is 1. The molecule has 0 spiro atoms. The molecule has 2 amide bonds. The SMILES string of the molecule is CCN(C(=O)Nc1cc(C)nn1C(C)(C)C)C1CC1. The van der Waals surface area contributed by atoms with Crippen molar-refractivity contribution in [2.24, 2.45) is 0 Å². The third-order valence-electron chi connectivity index (χ3n) is 3.29. The number of aryl methyl sites for hydroxylation is 1. The molecular weight excluding hydrogens is 240 g/mol. The van der Waals surface area contributed by atoms with Crippen LogP contribution in [0.4, 0.5) is 10.6 Å². The fraction of sp³-hybridized carbons (Fsp3) is 0.714. The fourth-order valence-corrected chi connectivity index (χ4v) is 2.24. The standard InChI is InChI=1S/C14H24N4O/c1-6-17(11-7-8-11)13(19)15-12-9-10(2)16-18(12)14(3,4)5/h9,11H,6-8H2,1-5H3,(H,15,19). The first kappa shape index (κ1) is 13.9. The second kappa shape index (κ2) is 4.87. The number of anilines is 1. The van der Waals surface area contributed by atoms with Gasteiger partial charge >= 0.3 is 6.03 Å². The quantitative estimate of drug-likeness (QED) is 0.912. The van der Waals surface area contributed by atoms with Crippen LogP contribution in [0.15, 0.2) is 6.07 Å². The predicted octanol–water partition coefficient (Wildman–Crippen LogP) is 2.96. The molecule has 0 unspecified atom stereocenters. The van der Waals surface area contributed by atoms with Crippen molar-refractivity contribution in [1.82, 2.24) is 14.7 Å².